The Morgan fingerprint density at radius 3 is 2.04 bits per heavy atom. The van der Waals surface area contributed by atoms with Gasteiger partial charge in [0.05, 0.1) is 25.0 Å². The fraction of sp³-hybridized carbons (Fsp3) is 0.595. The highest BCUT2D eigenvalue weighted by Gasteiger charge is 2.40. The van der Waals surface area contributed by atoms with E-state index >= 15 is 0 Å². The maximum Gasteiger partial charge on any atom is 0.338 e. The third-order valence-electron chi connectivity index (χ3n) is 9.32. The lowest BCUT2D eigenvalue weighted by atomic mass is 9.98. The number of carbonyl (C=O) groups excluding carboxylic acids is 7. The van der Waals surface area contributed by atoms with Gasteiger partial charge in [0.1, 0.15) is 42.2 Å². The SMILES string of the molecule is CC(C)[C@H](NC(=O)[C@H](C)NC(=O)[C@H](Cc1ccc(O)cc1)NC(=O)[C@@H](N)CCC[NH+]=C(N)N)C(=O)N[C@H](C(=O)N1CCC[C@H]1C(=O)N[C@H](C=O)CC(=O)O)C(C)C. The number of aliphatic carboxylic acids is 1. The second-order valence-electron chi connectivity index (χ2n) is 14.8. The Bertz CT molecular complexity index is 1620. The number of aldehydes is 1. The molecule has 20 nitrogen and oxygen atoms in total. The molecule has 7 atom stereocenters. The molecule has 0 unspecified atom stereocenters. The van der Waals surface area contributed by atoms with Gasteiger partial charge in [-0.3, -0.25) is 50.0 Å². The van der Waals surface area contributed by atoms with Gasteiger partial charge in [0.15, 0.2) is 0 Å². The number of rotatable bonds is 22. The normalized spacial score (nSPS) is 16.9. The van der Waals surface area contributed by atoms with E-state index in [-0.39, 0.29) is 37.5 Å². The highest BCUT2D eigenvalue weighted by atomic mass is 16.4. The molecule has 1 aliphatic heterocycles. The van der Waals surface area contributed by atoms with Crippen LogP contribution in [-0.4, -0.2) is 124 Å². The van der Waals surface area contributed by atoms with Crippen molar-refractivity contribution >= 4 is 53.7 Å². The van der Waals surface area contributed by atoms with Gasteiger partial charge in [0.25, 0.3) is 0 Å². The molecular formula is C37H59N10O10+. The van der Waals surface area contributed by atoms with Crippen LogP contribution < -0.4 is 48.8 Å². The van der Waals surface area contributed by atoms with Crippen LogP contribution in [0.4, 0.5) is 0 Å². The lowest BCUT2D eigenvalue weighted by molar-refractivity contribution is -0.459. The van der Waals surface area contributed by atoms with Gasteiger partial charge in [-0.05, 0) is 62.1 Å². The Balaban J connectivity index is 2.16. The molecule has 0 radical (unpaired) electrons. The van der Waals surface area contributed by atoms with E-state index in [1.165, 1.54) is 24.0 Å². The summed E-state index contributed by atoms with van der Waals surface area (Å²) in [5.74, 6) is -6.24. The first-order chi connectivity index (χ1) is 26.7. The molecule has 20 heteroatoms. The van der Waals surface area contributed by atoms with Crippen LogP contribution >= 0.6 is 0 Å². The average Bonchev–Trinajstić information content (AvgIpc) is 3.64. The minimum absolute atomic E-state index is 0.000667. The van der Waals surface area contributed by atoms with E-state index in [2.05, 4.69) is 31.6 Å². The van der Waals surface area contributed by atoms with Crippen molar-refractivity contribution in [3.8, 4) is 5.75 Å². The predicted molar refractivity (Wildman–Crippen MR) is 206 cm³/mol. The number of aromatic hydroxyl groups is 1. The topological polar surface area (TPSA) is 332 Å². The van der Waals surface area contributed by atoms with Gasteiger partial charge in [-0.1, -0.05) is 39.8 Å². The van der Waals surface area contributed by atoms with Crippen LogP contribution in [0, 0.1) is 11.8 Å². The van der Waals surface area contributed by atoms with Crippen LogP contribution in [0.2, 0.25) is 0 Å². The standard InChI is InChI=1S/C37H58N10O10/c1-19(2)29(35(56)46-30(20(3)4)36(57)47-15-7-9-27(47)34(55)43-23(18-48)17-28(50)51)45-31(52)21(5)42-33(54)26(16-22-10-12-24(49)13-11-22)44-32(53)25(38)8-6-14-41-37(39)40/h10-13,18-21,23,25-27,29-30,49H,6-9,14-17,38H2,1-5H3,(H,42,54)(H,43,55)(H,44,53)(H,45,52)(H,46,56)(H,50,51)(H4,39,40,41)/p+1/t21-,23-,25-,26-,27-,29-,30-/m0/s1. The van der Waals surface area contributed by atoms with E-state index in [1.54, 1.807) is 39.8 Å². The Morgan fingerprint density at radius 2 is 1.47 bits per heavy atom. The lowest BCUT2D eigenvalue weighted by Crippen LogP contribution is -2.78. The summed E-state index contributed by atoms with van der Waals surface area (Å²) in [4.78, 5) is 107. The number of carbonyl (C=O) groups is 8. The Hall–Kier alpha value is -5.79. The van der Waals surface area contributed by atoms with E-state index in [4.69, 9.17) is 22.3 Å². The third kappa shape index (κ3) is 15.3. The fourth-order valence-corrected chi connectivity index (χ4v) is 6.07. The molecule has 2 rings (SSSR count). The second-order valence-corrected chi connectivity index (χ2v) is 14.8. The highest BCUT2D eigenvalue weighted by molar-refractivity contribution is 5.97. The van der Waals surface area contributed by atoms with Gasteiger partial charge >= 0.3 is 11.9 Å². The predicted octanol–water partition coefficient (Wildman–Crippen LogP) is -4.18. The second kappa shape index (κ2) is 22.7. The summed E-state index contributed by atoms with van der Waals surface area (Å²) < 4.78 is 0. The summed E-state index contributed by atoms with van der Waals surface area (Å²) in [5.41, 5.74) is 17.4. The summed E-state index contributed by atoms with van der Waals surface area (Å²) in [6.07, 6.45) is 1.08. The first-order valence-corrected chi connectivity index (χ1v) is 18.9. The Labute approximate surface area is 331 Å². The minimum Gasteiger partial charge on any atom is -0.508 e. The zero-order chi connectivity index (χ0) is 43.0. The molecule has 1 aliphatic rings. The molecule has 57 heavy (non-hydrogen) atoms. The van der Waals surface area contributed by atoms with Crippen LogP contribution in [0.25, 0.3) is 0 Å². The highest BCUT2D eigenvalue weighted by Crippen LogP contribution is 2.21. The number of amides is 6. The van der Waals surface area contributed by atoms with Crippen molar-refractivity contribution in [3.63, 3.8) is 0 Å². The Kier molecular flexibility index (Phi) is 18.8. The summed E-state index contributed by atoms with van der Waals surface area (Å²) in [6, 6.07) is -1.95. The average molecular weight is 804 g/mol. The van der Waals surface area contributed by atoms with E-state index < -0.39 is 102 Å². The molecule has 1 aromatic carbocycles. The van der Waals surface area contributed by atoms with Crippen LogP contribution in [0.15, 0.2) is 24.3 Å². The molecular weight excluding hydrogens is 744 g/mol. The van der Waals surface area contributed by atoms with Crippen LogP contribution in [0.3, 0.4) is 0 Å². The number of phenolic OH excluding ortho intramolecular Hbond substituents is 1. The minimum atomic E-state index is -1.29. The van der Waals surface area contributed by atoms with Gasteiger partial charge < -0.3 is 52.2 Å². The van der Waals surface area contributed by atoms with Crippen LogP contribution in [0.5, 0.6) is 5.75 Å². The summed E-state index contributed by atoms with van der Waals surface area (Å²) in [6.45, 7) is 8.68. The number of nitrogens with zero attached hydrogens (tertiary/aromatic N) is 1. The van der Waals surface area contributed by atoms with Gasteiger partial charge in [0, 0.05) is 13.0 Å². The van der Waals surface area contributed by atoms with Crippen LogP contribution in [0.1, 0.15) is 72.3 Å². The van der Waals surface area contributed by atoms with E-state index in [1.807, 2.05) is 0 Å². The van der Waals surface area contributed by atoms with Gasteiger partial charge in [-0.2, -0.15) is 0 Å². The molecule has 0 aromatic heterocycles. The molecule has 14 N–H and O–H groups in total. The lowest BCUT2D eigenvalue weighted by Gasteiger charge is -2.32. The van der Waals surface area contributed by atoms with Crippen molar-refractivity contribution in [3.05, 3.63) is 29.8 Å². The van der Waals surface area contributed by atoms with E-state index in [0.717, 1.165) is 0 Å². The maximum atomic E-state index is 13.8. The quantitative estimate of drug-likeness (QED) is 0.0230. The first-order valence-electron chi connectivity index (χ1n) is 18.9. The maximum absolute atomic E-state index is 13.8. The summed E-state index contributed by atoms with van der Waals surface area (Å²) in [5, 5.41) is 31.7. The molecule has 0 spiro atoms. The number of guanidine groups is 1. The number of phenols is 1. The van der Waals surface area contributed by atoms with Gasteiger partial charge in [0.2, 0.25) is 35.4 Å². The number of carboxylic acids is 1. The summed E-state index contributed by atoms with van der Waals surface area (Å²) in [7, 11) is 0. The zero-order valence-electron chi connectivity index (χ0n) is 33.1. The Morgan fingerprint density at radius 1 is 0.860 bits per heavy atom. The molecule has 1 saturated heterocycles. The molecule has 1 heterocycles. The monoisotopic (exact) mass is 803 g/mol. The number of nitrogens with two attached hydrogens (primary N) is 3. The van der Waals surface area contributed by atoms with E-state index in [9.17, 15) is 43.5 Å². The number of hydrogen-bond acceptors (Lipinski definition) is 10. The van der Waals surface area contributed by atoms with Crippen LogP contribution in [-0.2, 0) is 44.8 Å². The van der Waals surface area contributed by atoms with Crippen molar-refractivity contribution in [2.24, 2.45) is 29.0 Å². The molecule has 6 amide bonds. The van der Waals surface area contributed by atoms with Crippen molar-refractivity contribution < 1.29 is 53.6 Å². The number of hydrogen-bond donors (Lipinski definition) is 11. The smallest absolute Gasteiger partial charge is 0.338 e. The first kappa shape index (κ1) is 47.4. The van der Waals surface area contributed by atoms with Crippen molar-refractivity contribution in [1.29, 1.82) is 0 Å². The fourth-order valence-electron chi connectivity index (χ4n) is 6.07. The molecule has 0 saturated carbocycles. The number of benzene rings is 1. The number of nitrogens with one attached hydrogen (secondary N) is 6. The van der Waals surface area contributed by atoms with Crippen molar-refractivity contribution in [2.75, 3.05) is 13.1 Å². The molecule has 0 aliphatic carbocycles. The largest absolute Gasteiger partial charge is 0.508 e. The number of carboxylic acid groups (broad SMARTS) is 1. The van der Waals surface area contributed by atoms with Crippen molar-refractivity contribution in [1.82, 2.24) is 31.5 Å². The zero-order valence-corrected chi connectivity index (χ0v) is 33.1. The third-order valence-corrected chi connectivity index (χ3v) is 9.32. The molecule has 316 valence electrons. The summed E-state index contributed by atoms with van der Waals surface area (Å²) >= 11 is 0. The van der Waals surface area contributed by atoms with Crippen molar-refractivity contribution in [2.45, 2.75) is 115 Å². The number of likely N-dealkylation sites (tertiary alicyclic amines) is 1. The van der Waals surface area contributed by atoms with E-state index in [0.29, 0.717) is 31.2 Å². The van der Waals surface area contributed by atoms with Gasteiger partial charge in [-0.25, -0.2) is 0 Å². The molecule has 0 bridgehead atoms. The molecule has 1 aromatic rings. The van der Waals surface area contributed by atoms with Gasteiger partial charge in [-0.15, -0.1) is 0 Å². The molecule has 1 fully saturated rings.